The summed E-state index contributed by atoms with van der Waals surface area (Å²) in [6.07, 6.45) is 3.12. The van der Waals surface area contributed by atoms with Gasteiger partial charge in [-0.2, -0.15) is 0 Å². The molecule has 1 rings (SSSR count). The third-order valence-corrected chi connectivity index (χ3v) is 0.725. The molecular formula is C4H6KN2O. The summed E-state index contributed by atoms with van der Waals surface area (Å²) in [5.41, 5.74) is 0.750. The third-order valence-electron chi connectivity index (χ3n) is 0.725. The number of aliphatic hydroxyl groups excluding tert-OH is 1. The van der Waals surface area contributed by atoms with Crippen LogP contribution < -0.4 is 0 Å². The Labute approximate surface area is 89.9 Å². The van der Waals surface area contributed by atoms with Gasteiger partial charge in [0.15, 0.2) is 0 Å². The molecule has 1 radical (unpaired) electrons. The summed E-state index contributed by atoms with van der Waals surface area (Å²) in [6, 6.07) is 0. The minimum absolute atomic E-state index is 0. The maximum absolute atomic E-state index is 8.36. The van der Waals surface area contributed by atoms with E-state index < -0.39 is 0 Å². The molecule has 0 aromatic carbocycles. The Morgan fingerprint density at radius 3 is 2.75 bits per heavy atom. The molecule has 0 bridgehead atoms. The Balaban J connectivity index is 0.000000490. The molecule has 0 spiro atoms. The molecule has 3 nitrogen and oxygen atoms in total. The molecule has 0 fully saturated rings. The minimum atomic E-state index is 0. The molecule has 0 aliphatic rings. The molecular weight excluding hydrogens is 131 g/mol. The van der Waals surface area contributed by atoms with E-state index in [2.05, 4.69) is 9.97 Å². The fourth-order valence-corrected chi connectivity index (χ4v) is 0.371. The standard InChI is InChI=1S/C4H6N2O.K/c7-2-4-1-5-3-6-4;/h1,3,7H,2H2,(H,5,6);. The Morgan fingerprint density at radius 1 is 1.75 bits per heavy atom. The van der Waals surface area contributed by atoms with Crippen LogP contribution in [-0.4, -0.2) is 66.5 Å². The molecule has 0 saturated heterocycles. The second kappa shape index (κ2) is 4.66. The van der Waals surface area contributed by atoms with Gasteiger partial charge >= 0.3 is 0 Å². The van der Waals surface area contributed by atoms with E-state index in [-0.39, 0.29) is 58.0 Å². The van der Waals surface area contributed by atoms with E-state index >= 15 is 0 Å². The van der Waals surface area contributed by atoms with Crippen molar-refractivity contribution in [1.82, 2.24) is 9.97 Å². The topological polar surface area (TPSA) is 48.9 Å². The monoisotopic (exact) mass is 137 g/mol. The summed E-state index contributed by atoms with van der Waals surface area (Å²) in [5.74, 6) is 0. The number of imidazole rings is 1. The maximum Gasteiger partial charge on any atom is 0.0922 e. The van der Waals surface area contributed by atoms with Crippen LogP contribution in [-0.2, 0) is 6.61 Å². The summed E-state index contributed by atoms with van der Waals surface area (Å²) >= 11 is 0. The van der Waals surface area contributed by atoms with Gasteiger partial charge in [0.2, 0.25) is 0 Å². The molecule has 0 unspecified atom stereocenters. The largest absolute Gasteiger partial charge is 0.390 e. The summed E-state index contributed by atoms with van der Waals surface area (Å²) in [6.45, 7) is 0.0417. The molecule has 39 valence electrons. The third kappa shape index (κ3) is 2.39. The van der Waals surface area contributed by atoms with Crippen LogP contribution in [0, 0.1) is 0 Å². The van der Waals surface area contributed by atoms with Crippen molar-refractivity contribution in [2.45, 2.75) is 6.61 Å². The first-order chi connectivity index (χ1) is 3.43. The number of hydrogen-bond acceptors (Lipinski definition) is 2. The second-order valence-electron chi connectivity index (χ2n) is 1.23. The van der Waals surface area contributed by atoms with Gasteiger partial charge in [0.1, 0.15) is 0 Å². The molecule has 0 aliphatic heterocycles. The molecule has 1 heterocycles. The van der Waals surface area contributed by atoms with Gasteiger partial charge in [-0.25, -0.2) is 4.98 Å². The van der Waals surface area contributed by atoms with Crippen molar-refractivity contribution in [1.29, 1.82) is 0 Å². The van der Waals surface area contributed by atoms with Gasteiger partial charge in [0.25, 0.3) is 0 Å². The Kier molecular flexibility index (Phi) is 5.13. The first-order valence-electron chi connectivity index (χ1n) is 2.01. The molecule has 2 N–H and O–H groups in total. The number of nitrogens with one attached hydrogen (secondary N) is 1. The number of H-pyrrole nitrogens is 1. The van der Waals surface area contributed by atoms with E-state index in [0.717, 1.165) is 5.69 Å². The van der Waals surface area contributed by atoms with E-state index in [1.165, 1.54) is 6.33 Å². The van der Waals surface area contributed by atoms with Crippen LogP contribution in [0.2, 0.25) is 0 Å². The van der Waals surface area contributed by atoms with Crippen molar-refractivity contribution >= 4 is 51.4 Å². The van der Waals surface area contributed by atoms with Crippen molar-refractivity contribution < 1.29 is 5.11 Å². The molecule has 1 aromatic heterocycles. The number of nitrogens with zero attached hydrogens (tertiary/aromatic N) is 1. The zero-order chi connectivity index (χ0) is 5.11. The van der Waals surface area contributed by atoms with Crippen molar-refractivity contribution in [3.8, 4) is 0 Å². The van der Waals surface area contributed by atoms with E-state index in [1.807, 2.05) is 0 Å². The number of aliphatic hydroxyl groups is 1. The summed E-state index contributed by atoms with van der Waals surface area (Å²) < 4.78 is 0. The SMILES string of the molecule is OCc1cnc[nH]1.[K]. The Bertz CT molecular complexity index is 129. The van der Waals surface area contributed by atoms with Crippen molar-refractivity contribution in [3.63, 3.8) is 0 Å². The smallest absolute Gasteiger partial charge is 0.0922 e. The maximum atomic E-state index is 8.36. The molecule has 0 atom stereocenters. The van der Waals surface area contributed by atoms with Gasteiger partial charge in [0, 0.05) is 51.4 Å². The predicted molar refractivity (Wildman–Crippen MR) is 30.3 cm³/mol. The Hall–Kier alpha value is 0.806. The zero-order valence-corrected chi connectivity index (χ0v) is 7.88. The fourth-order valence-electron chi connectivity index (χ4n) is 0.371. The molecule has 1 aromatic rings. The van der Waals surface area contributed by atoms with Gasteiger partial charge in [-0.1, -0.05) is 0 Å². The van der Waals surface area contributed by atoms with Crippen LogP contribution in [0.4, 0.5) is 0 Å². The number of aromatic nitrogens is 2. The second-order valence-corrected chi connectivity index (χ2v) is 1.23. The van der Waals surface area contributed by atoms with Crippen LogP contribution in [0.25, 0.3) is 0 Å². The van der Waals surface area contributed by atoms with Gasteiger partial charge < -0.3 is 10.1 Å². The van der Waals surface area contributed by atoms with Gasteiger partial charge in [-0.15, -0.1) is 0 Å². The van der Waals surface area contributed by atoms with Crippen LogP contribution in [0.3, 0.4) is 0 Å². The minimum Gasteiger partial charge on any atom is -0.390 e. The molecule has 4 heteroatoms. The number of hydrogen-bond donors (Lipinski definition) is 2. The van der Waals surface area contributed by atoms with Crippen LogP contribution in [0.1, 0.15) is 5.69 Å². The summed E-state index contributed by atoms with van der Waals surface area (Å²) in [7, 11) is 0. The Morgan fingerprint density at radius 2 is 2.50 bits per heavy atom. The van der Waals surface area contributed by atoms with E-state index in [0.29, 0.717) is 0 Å². The average Bonchev–Trinajstić information content (AvgIpc) is 2.14. The number of aromatic amines is 1. The zero-order valence-electron chi connectivity index (χ0n) is 4.76. The predicted octanol–water partition coefficient (Wildman–Crippen LogP) is -0.479. The van der Waals surface area contributed by atoms with Crippen molar-refractivity contribution in [2.24, 2.45) is 0 Å². The average molecular weight is 137 g/mol. The van der Waals surface area contributed by atoms with E-state index in [9.17, 15) is 0 Å². The quantitative estimate of drug-likeness (QED) is 0.514. The van der Waals surface area contributed by atoms with E-state index in [4.69, 9.17) is 5.11 Å². The normalized spacial score (nSPS) is 8.12. The molecule has 8 heavy (non-hydrogen) atoms. The number of rotatable bonds is 1. The summed E-state index contributed by atoms with van der Waals surface area (Å²) in [4.78, 5) is 6.40. The molecule has 0 saturated carbocycles. The molecule has 0 amide bonds. The first kappa shape index (κ1) is 8.81. The first-order valence-corrected chi connectivity index (χ1v) is 2.01. The van der Waals surface area contributed by atoms with Crippen LogP contribution in [0.5, 0.6) is 0 Å². The molecule has 0 aliphatic carbocycles. The van der Waals surface area contributed by atoms with Crippen molar-refractivity contribution in [2.75, 3.05) is 0 Å². The van der Waals surface area contributed by atoms with Crippen LogP contribution in [0.15, 0.2) is 12.5 Å². The fraction of sp³-hybridized carbons (Fsp3) is 0.250. The van der Waals surface area contributed by atoms with Crippen molar-refractivity contribution in [3.05, 3.63) is 18.2 Å². The van der Waals surface area contributed by atoms with Crippen LogP contribution >= 0.6 is 0 Å². The summed E-state index contributed by atoms with van der Waals surface area (Å²) in [5, 5.41) is 8.36. The van der Waals surface area contributed by atoms with Gasteiger partial charge in [-0.05, 0) is 0 Å². The van der Waals surface area contributed by atoms with Gasteiger partial charge in [0.05, 0.1) is 24.8 Å². The van der Waals surface area contributed by atoms with E-state index in [1.54, 1.807) is 6.20 Å². The van der Waals surface area contributed by atoms with Gasteiger partial charge in [-0.3, -0.25) is 0 Å².